The number of hydrogen-bond donors (Lipinski definition) is 2. The summed E-state index contributed by atoms with van der Waals surface area (Å²) in [6.45, 7) is 0. The van der Waals surface area contributed by atoms with Crippen LogP contribution in [0.25, 0.3) is 0 Å². The predicted molar refractivity (Wildman–Crippen MR) is 101 cm³/mol. The number of carbonyl (C=O) groups is 3. The van der Waals surface area contributed by atoms with E-state index >= 15 is 0 Å². The summed E-state index contributed by atoms with van der Waals surface area (Å²) in [6, 6.07) is 10.5. The molecule has 2 N–H and O–H groups in total. The van der Waals surface area contributed by atoms with Crippen LogP contribution in [0.4, 0.5) is 5.69 Å². The molecule has 2 aliphatic rings. The molecule has 0 bridgehead atoms. The maximum Gasteiger partial charge on any atom is 0.232 e. The topological polar surface area (TPSA) is 97.6 Å². The molecule has 0 saturated heterocycles. The molecular weight excluding hydrogens is 360 g/mol. The first-order chi connectivity index (χ1) is 13.5. The molecule has 1 aromatic carbocycles. The number of anilines is 1. The highest BCUT2D eigenvalue weighted by Gasteiger charge is 2.41. The molecule has 1 aromatic heterocycles. The number of nitrogens with one attached hydrogen (secondary N) is 2. The van der Waals surface area contributed by atoms with Gasteiger partial charge in [-0.25, -0.2) is 0 Å². The quantitative estimate of drug-likeness (QED) is 0.850. The summed E-state index contributed by atoms with van der Waals surface area (Å²) in [7, 11) is 1.56. The van der Waals surface area contributed by atoms with Crippen molar-refractivity contribution in [3.8, 4) is 5.75 Å². The van der Waals surface area contributed by atoms with Gasteiger partial charge in [0.05, 0.1) is 19.3 Å². The van der Waals surface area contributed by atoms with E-state index < -0.39 is 5.92 Å². The van der Waals surface area contributed by atoms with Gasteiger partial charge in [-0.3, -0.25) is 14.4 Å². The molecule has 0 fully saturated rings. The molecular formula is C21H20N2O5. The molecule has 1 aliphatic carbocycles. The predicted octanol–water partition coefficient (Wildman–Crippen LogP) is 2.76. The average Bonchev–Trinajstić information content (AvgIpc) is 3.22. The number of hydrogen-bond acceptors (Lipinski definition) is 5. The van der Waals surface area contributed by atoms with Crippen LogP contribution in [-0.4, -0.2) is 24.7 Å². The van der Waals surface area contributed by atoms with Gasteiger partial charge in [0.25, 0.3) is 0 Å². The molecule has 28 heavy (non-hydrogen) atoms. The summed E-state index contributed by atoms with van der Waals surface area (Å²) in [5.74, 6) is -0.303. The summed E-state index contributed by atoms with van der Waals surface area (Å²) in [6.07, 6.45) is 2.24. The van der Waals surface area contributed by atoms with Gasteiger partial charge in [0.15, 0.2) is 5.78 Å². The van der Waals surface area contributed by atoms with Gasteiger partial charge >= 0.3 is 0 Å². The van der Waals surface area contributed by atoms with Crippen molar-refractivity contribution < 1.29 is 23.5 Å². The summed E-state index contributed by atoms with van der Waals surface area (Å²) >= 11 is 0. The van der Waals surface area contributed by atoms with Crippen molar-refractivity contribution in [1.82, 2.24) is 5.32 Å². The van der Waals surface area contributed by atoms with Crippen molar-refractivity contribution in [2.45, 2.75) is 25.2 Å². The zero-order chi connectivity index (χ0) is 19.7. The van der Waals surface area contributed by atoms with E-state index in [-0.39, 0.29) is 36.4 Å². The van der Waals surface area contributed by atoms with Crippen molar-refractivity contribution in [2.24, 2.45) is 5.92 Å². The molecule has 1 aliphatic heterocycles. The van der Waals surface area contributed by atoms with Gasteiger partial charge in [-0.1, -0.05) is 0 Å². The third-order valence-electron chi connectivity index (χ3n) is 5.16. The number of furan rings is 1. The van der Waals surface area contributed by atoms with Crippen LogP contribution in [0.15, 0.2) is 58.3 Å². The monoisotopic (exact) mass is 380 g/mol. The molecule has 2 atom stereocenters. The molecule has 0 radical (unpaired) electrons. The first-order valence-electron chi connectivity index (χ1n) is 9.09. The summed E-state index contributed by atoms with van der Waals surface area (Å²) in [5.41, 5.74) is 1.52. The number of amides is 2. The Hall–Kier alpha value is -3.35. The van der Waals surface area contributed by atoms with E-state index in [1.807, 2.05) is 6.07 Å². The summed E-state index contributed by atoms with van der Waals surface area (Å²) in [4.78, 5) is 37.9. The largest absolute Gasteiger partial charge is 0.497 e. The van der Waals surface area contributed by atoms with E-state index in [9.17, 15) is 14.4 Å². The van der Waals surface area contributed by atoms with E-state index in [1.54, 1.807) is 43.7 Å². The summed E-state index contributed by atoms with van der Waals surface area (Å²) < 4.78 is 10.5. The molecule has 2 aromatic rings. The number of carbonyl (C=O) groups excluding carboxylic acids is 3. The maximum atomic E-state index is 12.9. The van der Waals surface area contributed by atoms with Crippen molar-refractivity contribution in [3.63, 3.8) is 0 Å². The Morgan fingerprint density at radius 1 is 1.14 bits per heavy atom. The fraction of sp³-hybridized carbons (Fsp3) is 0.286. The molecule has 0 unspecified atom stereocenters. The number of rotatable bonds is 4. The Balaban J connectivity index is 1.57. The zero-order valence-electron chi connectivity index (χ0n) is 15.4. The van der Waals surface area contributed by atoms with E-state index in [0.717, 1.165) is 0 Å². The minimum atomic E-state index is -0.795. The van der Waals surface area contributed by atoms with Gasteiger partial charge in [-0.05, 0) is 42.8 Å². The molecule has 2 amide bonds. The second-order valence-electron chi connectivity index (χ2n) is 6.96. The van der Waals surface area contributed by atoms with Crippen LogP contribution in [0.2, 0.25) is 0 Å². The van der Waals surface area contributed by atoms with E-state index in [0.29, 0.717) is 34.9 Å². The Morgan fingerprint density at radius 3 is 2.61 bits per heavy atom. The van der Waals surface area contributed by atoms with Crippen LogP contribution < -0.4 is 15.4 Å². The van der Waals surface area contributed by atoms with Gasteiger partial charge in [0.2, 0.25) is 11.8 Å². The molecule has 144 valence electrons. The fourth-order valence-corrected chi connectivity index (χ4v) is 3.81. The first-order valence-corrected chi connectivity index (χ1v) is 9.09. The van der Waals surface area contributed by atoms with Crippen LogP contribution in [-0.2, 0) is 14.4 Å². The van der Waals surface area contributed by atoms with Crippen molar-refractivity contribution in [2.75, 3.05) is 12.4 Å². The number of benzene rings is 1. The number of Topliss-reactive ketones (excluding diaryl/α,β-unsaturated/α-hetero) is 1. The molecule has 2 heterocycles. The SMILES string of the molecule is COc1ccc(NC(=O)[C@H]2CC(=O)NC3=C2C(=O)C[C@@H](c2ccco2)C3)cc1. The van der Waals surface area contributed by atoms with Gasteiger partial charge in [0, 0.05) is 35.7 Å². The highest BCUT2D eigenvalue weighted by atomic mass is 16.5. The Kier molecular flexibility index (Phi) is 4.73. The Bertz CT molecular complexity index is 944. The lowest BCUT2D eigenvalue weighted by atomic mass is 9.76. The van der Waals surface area contributed by atoms with Crippen LogP contribution >= 0.6 is 0 Å². The number of ether oxygens (including phenoxy) is 1. The Labute approximate surface area is 161 Å². The average molecular weight is 380 g/mol. The first kappa shape index (κ1) is 18.0. The van der Waals surface area contributed by atoms with Crippen molar-refractivity contribution >= 4 is 23.3 Å². The fourth-order valence-electron chi connectivity index (χ4n) is 3.81. The Morgan fingerprint density at radius 2 is 1.93 bits per heavy atom. The minimum absolute atomic E-state index is 0.0437. The van der Waals surface area contributed by atoms with Crippen LogP contribution in [0, 0.1) is 5.92 Å². The van der Waals surface area contributed by atoms with Crippen molar-refractivity contribution in [1.29, 1.82) is 0 Å². The van der Waals surface area contributed by atoms with E-state index in [1.165, 1.54) is 0 Å². The zero-order valence-corrected chi connectivity index (χ0v) is 15.4. The highest BCUT2D eigenvalue weighted by molar-refractivity contribution is 6.09. The number of ketones is 1. The third-order valence-corrected chi connectivity index (χ3v) is 5.16. The molecule has 0 saturated carbocycles. The van der Waals surface area contributed by atoms with Crippen LogP contribution in [0.3, 0.4) is 0 Å². The van der Waals surface area contributed by atoms with E-state index in [2.05, 4.69) is 10.6 Å². The number of allylic oxidation sites excluding steroid dienone is 1. The molecule has 4 rings (SSSR count). The van der Waals surface area contributed by atoms with Gasteiger partial charge in [-0.15, -0.1) is 0 Å². The minimum Gasteiger partial charge on any atom is -0.497 e. The lowest BCUT2D eigenvalue weighted by molar-refractivity contribution is -0.129. The second kappa shape index (κ2) is 7.34. The van der Waals surface area contributed by atoms with Crippen LogP contribution in [0.1, 0.15) is 30.9 Å². The maximum absolute atomic E-state index is 12.9. The lowest BCUT2D eigenvalue weighted by Crippen LogP contribution is -2.43. The molecule has 7 heteroatoms. The van der Waals surface area contributed by atoms with Gasteiger partial charge in [-0.2, -0.15) is 0 Å². The molecule has 0 spiro atoms. The second-order valence-corrected chi connectivity index (χ2v) is 6.96. The van der Waals surface area contributed by atoms with E-state index in [4.69, 9.17) is 9.15 Å². The van der Waals surface area contributed by atoms with Gasteiger partial charge < -0.3 is 19.8 Å². The van der Waals surface area contributed by atoms with Crippen LogP contribution in [0.5, 0.6) is 5.75 Å². The van der Waals surface area contributed by atoms with Crippen molar-refractivity contribution in [3.05, 3.63) is 59.7 Å². The number of methoxy groups -OCH3 is 1. The third kappa shape index (κ3) is 3.43. The van der Waals surface area contributed by atoms with Gasteiger partial charge in [0.1, 0.15) is 11.5 Å². The normalized spacial score (nSPS) is 21.8. The lowest BCUT2D eigenvalue weighted by Gasteiger charge is -2.32. The highest BCUT2D eigenvalue weighted by Crippen LogP contribution is 2.39. The standard InChI is InChI=1S/C21H20N2O5/c1-27-14-6-4-13(5-7-14)22-21(26)15-11-19(25)23-16-9-12(10-17(24)20(15)16)18-3-2-8-28-18/h2-8,12,15H,9-11H2,1H3,(H,22,26)(H,23,25)/t12-,15-/m0/s1. The smallest absolute Gasteiger partial charge is 0.232 e. The molecule has 7 nitrogen and oxygen atoms in total. The summed E-state index contributed by atoms with van der Waals surface area (Å²) in [5, 5.41) is 5.58.